The van der Waals surface area contributed by atoms with Crippen LogP contribution in [-0.2, 0) is 11.2 Å². The first-order valence-electron chi connectivity index (χ1n) is 8.75. The molecule has 2 fully saturated rings. The van der Waals surface area contributed by atoms with E-state index >= 15 is 0 Å². The standard InChI is InChI=1S/C20H26O2/c1-12-10-18-17-6-4-13-11-14(22-3)5-7-15(13)16(17)8-9-20(18,2)19(12)21/h5,7,11-12,16-18H,4,6,8-10H2,1-3H3/t12?,16-,17-,18+,20+/m1/s1. The summed E-state index contributed by atoms with van der Waals surface area (Å²) in [6.45, 7) is 4.39. The van der Waals surface area contributed by atoms with E-state index in [1.807, 2.05) is 0 Å². The van der Waals surface area contributed by atoms with Gasteiger partial charge in [0.05, 0.1) is 7.11 Å². The number of hydrogen-bond donors (Lipinski definition) is 0. The number of ketones is 1. The van der Waals surface area contributed by atoms with Gasteiger partial charge in [-0.2, -0.15) is 0 Å². The molecular weight excluding hydrogens is 272 g/mol. The van der Waals surface area contributed by atoms with Crippen molar-refractivity contribution in [2.24, 2.45) is 23.2 Å². The summed E-state index contributed by atoms with van der Waals surface area (Å²) in [5.41, 5.74) is 2.97. The van der Waals surface area contributed by atoms with Crippen LogP contribution >= 0.6 is 0 Å². The predicted molar refractivity (Wildman–Crippen MR) is 87.2 cm³/mol. The van der Waals surface area contributed by atoms with E-state index in [1.54, 1.807) is 7.11 Å². The van der Waals surface area contributed by atoms with Crippen molar-refractivity contribution in [3.8, 4) is 5.75 Å². The van der Waals surface area contributed by atoms with Crippen molar-refractivity contribution < 1.29 is 9.53 Å². The Morgan fingerprint density at radius 3 is 2.86 bits per heavy atom. The van der Waals surface area contributed by atoms with Gasteiger partial charge in [-0.25, -0.2) is 0 Å². The zero-order valence-electron chi connectivity index (χ0n) is 13.9. The zero-order valence-corrected chi connectivity index (χ0v) is 13.9. The van der Waals surface area contributed by atoms with Gasteiger partial charge in [-0.05, 0) is 73.1 Å². The average molecular weight is 298 g/mol. The minimum atomic E-state index is -0.0371. The second-order valence-corrected chi connectivity index (χ2v) is 7.94. The lowest BCUT2D eigenvalue weighted by Gasteiger charge is -2.48. The molecule has 1 unspecified atom stereocenters. The molecule has 4 rings (SSSR count). The maximum Gasteiger partial charge on any atom is 0.141 e. The highest BCUT2D eigenvalue weighted by Crippen LogP contribution is 2.60. The van der Waals surface area contributed by atoms with Gasteiger partial charge in [-0.1, -0.05) is 19.9 Å². The van der Waals surface area contributed by atoms with Crippen molar-refractivity contribution in [1.29, 1.82) is 0 Å². The first-order chi connectivity index (χ1) is 10.5. The topological polar surface area (TPSA) is 26.3 Å². The maximum atomic E-state index is 12.6. The Hall–Kier alpha value is -1.31. The molecule has 0 N–H and O–H groups in total. The molecule has 3 aliphatic rings. The van der Waals surface area contributed by atoms with Crippen LogP contribution in [0, 0.1) is 23.2 Å². The molecule has 0 bridgehead atoms. The van der Waals surface area contributed by atoms with Gasteiger partial charge in [-0.3, -0.25) is 4.79 Å². The van der Waals surface area contributed by atoms with E-state index in [1.165, 1.54) is 24.0 Å². The molecule has 2 heteroatoms. The molecule has 0 saturated heterocycles. The highest BCUT2D eigenvalue weighted by molar-refractivity contribution is 5.89. The van der Waals surface area contributed by atoms with Gasteiger partial charge in [0.15, 0.2) is 0 Å². The molecule has 0 amide bonds. The van der Waals surface area contributed by atoms with Crippen molar-refractivity contribution in [3.63, 3.8) is 0 Å². The third-order valence-corrected chi connectivity index (χ3v) is 6.94. The fourth-order valence-corrected chi connectivity index (χ4v) is 5.80. The molecule has 5 atom stereocenters. The van der Waals surface area contributed by atoms with Crippen molar-refractivity contribution >= 4 is 5.78 Å². The third-order valence-electron chi connectivity index (χ3n) is 6.94. The average Bonchev–Trinajstić information content (AvgIpc) is 2.77. The van der Waals surface area contributed by atoms with Gasteiger partial charge in [0.2, 0.25) is 0 Å². The molecule has 0 heterocycles. The van der Waals surface area contributed by atoms with Crippen LogP contribution in [0.15, 0.2) is 18.2 Å². The van der Waals surface area contributed by atoms with Crippen LogP contribution in [-0.4, -0.2) is 12.9 Å². The van der Waals surface area contributed by atoms with E-state index in [4.69, 9.17) is 4.74 Å². The van der Waals surface area contributed by atoms with Crippen LogP contribution in [0.3, 0.4) is 0 Å². The lowest BCUT2D eigenvalue weighted by Crippen LogP contribution is -2.42. The highest BCUT2D eigenvalue weighted by atomic mass is 16.5. The lowest BCUT2D eigenvalue weighted by molar-refractivity contribution is -0.131. The molecule has 1 aromatic rings. The van der Waals surface area contributed by atoms with Crippen LogP contribution in [0.5, 0.6) is 5.75 Å². The van der Waals surface area contributed by atoms with Crippen LogP contribution in [0.2, 0.25) is 0 Å². The number of methoxy groups -OCH3 is 1. The molecule has 22 heavy (non-hydrogen) atoms. The van der Waals surface area contributed by atoms with Crippen molar-refractivity contribution in [2.75, 3.05) is 7.11 Å². The van der Waals surface area contributed by atoms with E-state index in [0.29, 0.717) is 23.5 Å². The first kappa shape index (κ1) is 14.3. The summed E-state index contributed by atoms with van der Waals surface area (Å²) in [5, 5.41) is 0. The monoisotopic (exact) mass is 298 g/mol. The van der Waals surface area contributed by atoms with E-state index in [0.717, 1.165) is 25.0 Å². The van der Waals surface area contributed by atoms with Gasteiger partial charge in [0, 0.05) is 11.3 Å². The molecule has 2 saturated carbocycles. The number of fused-ring (bicyclic) bond motifs is 5. The van der Waals surface area contributed by atoms with Crippen molar-refractivity contribution in [2.45, 2.75) is 51.9 Å². The first-order valence-corrected chi connectivity index (χ1v) is 8.75. The minimum absolute atomic E-state index is 0.0371. The summed E-state index contributed by atoms with van der Waals surface area (Å²) in [4.78, 5) is 12.6. The van der Waals surface area contributed by atoms with Crippen LogP contribution in [0.1, 0.15) is 56.6 Å². The summed E-state index contributed by atoms with van der Waals surface area (Å²) >= 11 is 0. The number of hydrogen-bond acceptors (Lipinski definition) is 2. The van der Waals surface area contributed by atoms with E-state index in [-0.39, 0.29) is 11.3 Å². The summed E-state index contributed by atoms with van der Waals surface area (Å²) < 4.78 is 5.39. The summed E-state index contributed by atoms with van der Waals surface area (Å²) in [6, 6.07) is 6.62. The Bertz CT molecular complexity index is 620. The summed E-state index contributed by atoms with van der Waals surface area (Å²) in [7, 11) is 1.74. The molecule has 3 aliphatic carbocycles. The normalized spacial score (nSPS) is 39.9. The Balaban J connectivity index is 1.70. The smallest absolute Gasteiger partial charge is 0.141 e. The summed E-state index contributed by atoms with van der Waals surface area (Å²) in [5.74, 6) is 3.74. The van der Waals surface area contributed by atoms with Crippen molar-refractivity contribution in [3.05, 3.63) is 29.3 Å². The second kappa shape index (κ2) is 4.84. The lowest BCUT2D eigenvalue weighted by atomic mass is 9.55. The molecule has 0 spiro atoms. The number of benzene rings is 1. The van der Waals surface area contributed by atoms with Gasteiger partial charge in [-0.15, -0.1) is 0 Å². The van der Waals surface area contributed by atoms with Crippen LogP contribution in [0.4, 0.5) is 0 Å². The number of carbonyl (C=O) groups excluding carboxylic acids is 1. The van der Waals surface area contributed by atoms with Gasteiger partial charge in [0.25, 0.3) is 0 Å². The Morgan fingerprint density at radius 2 is 2.09 bits per heavy atom. The predicted octanol–water partition coefficient (Wildman–Crippen LogP) is 4.37. The maximum absolute atomic E-state index is 12.6. The van der Waals surface area contributed by atoms with Gasteiger partial charge < -0.3 is 4.74 Å². The number of rotatable bonds is 1. The van der Waals surface area contributed by atoms with Crippen molar-refractivity contribution in [1.82, 2.24) is 0 Å². The third kappa shape index (κ3) is 1.82. The largest absolute Gasteiger partial charge is 0.497 e. The number of Topliss-reactive ketones (excluding diaryl/α,β-unsaturated/α-hetero) is 1. The molecular formula is C20H26O2. The van der Waals surface area contributed by atoms with Crippen LogP contribution < -0.4 is 4.74 Å². The quantitative estimate of drug-likeness (QED) is 0.769. The highest BCUT2D eigenvalue weighted by Gasteiger charge is 2.56. The van der Waals surface area contributed by atoms with E-state index in [9.17, 15) is 4.79 Å². The SMILES string of the molecule is COc1ccc2c(c1)CC[C@@H]1[C@@H]2CC[C@]2(C)C(=O)C(C)C[C@@H]12. The Kier molecular flexibility index (Phi) is 3.15. The fraction of sp³-hybridized carbons (Fsp3) is 0.650. The van der Waals surface area contributed by atoms with Gasteiger partial charge >= 0.3 is 0 Å². The van der Waals surface area contributed by atoms with Crippen LogP contribution in [0.25, 0.3) is 0 Å². The number of aryl methyl sites for hydroxylation is 1. The second-order valence-electron chi connectivity index (χ2n) is 7.94. The molecule has 1 aromatic carbocycles. The minimum Gasteiger partial charge on any atom is -0.497 e. The zero-order chi connectivity index (χ0) is 15.5. The fourth-order valence-electron chi connectivity index (χ4n) is 5.80. The molecule has 118 valence electrons. The number of ether oxygens (including phenoxy) is 1. The van der Waals surface area contributed by atoms with E-state index < -0.39 is 0 Å². The molecule has 0 aliphatic heterocycles. The van der Waals surface area contributed by atoms with Gasteiger partial charge in [0.1, 0.15) is 11.5 Å². The molecule has 0 aromatic heterocycles. The Labute approximate surface area is 133 Å². The summed E-state index contributed by atoms with van der Waals surface area (Å²) in [6.07, 6.45) is 5.75. The van der Waals surface area contributed by atoms with E-state index in [2.05, 4.69) is 32.0 Å². The Morgan fingerprint density at radius 1 is 1.27 bits per heavy atom. The molecule has 2 nitrogen and oxygen atoms in total. The number of carbonyl (C=O) groups is 1. The molecule has 0 radical (unpaired) electrons.